The van der Waals surface area contributed by atoms with Crippen LogP contribution < -0.4 is 0 Å². The minimum absolute atomic E-state index is 0.125. The Kier molecular flexibility index (Phi) is 1.50. The molecule has 1 N–H and O–H groups in total. The van der Waals surface area contributed by atoms with Crippen molar-refractivity contribution in [3.8, 4) is 0 Å². The highest BCUT2D eigenvalue weighted by atomic mass is 16.4. The maximum absolute atomic E-state index is 11.0. The van der Waals surface area contributed by atoms with Gasteiger partial charge in [-0.05, 0) is 19.8 Å². The Balaban J connectivity index is 2.86. The zero-order chi connectivity index (χ0) is 7.78. The van der Waals surface area contributed by atoms with Crippen molar-refractivity contribution >= 4 is 11.8 Å². The van der Waals surface area contributed by atoms with E-state index in [0.29, 0.717) is 12.8 Å². The fourth-order valence-electron chi connectivity index (χ4n) is 1.24. The molecule has 0 unspecified atom stereocenters. The Morgan fingerprint density at radius 2 is 2.30 bits per heavy atom. The maximum Gasteiger partial charge on any atom is 0.316 e. The lowest BCUT2D eigenvalue weighted by molar-refractivity contribution is -0.152. The van der Waals surface area contributed by atoms with Gasteiger partial charge in [0.15, 0.2) is 0 Å². The lowest BCUT2D eigenvalue weighted by atomic mass is 9.88. The summed E-state index contributed by atoms with van der Waals surface area (Å²) in [4.78, 5) is 21.5. The van der Waals surface area contributed by atoms with Gasteiger partial charge in [0.2, 0.25) is 0 Å². The molecule has 0 aromatic heterocycles. The van der Waals surface area contributed by atoms with Gasteiger partial charge in [-0.15, -0.1) is 0 Å². The number of Topliss-reactive ketones (excluding diaryl/α,β-unsaturated/α-hetero) is 1. The first-order chi connectivity index (χ1) is 4.57. The summed E-state index contributed by atoms with van der Waals surface area (Å²) in [6.45, 7) is 1.50. The molecule has 1 aliphatic carbocycles. The number of carbonyl (C=O) groups is 2. The van der Waals surface area contributed by atoms with Gasteiger partial charge < -0.3 is 5.11 Å². The van der Waals surface area contributed by atoms with Crippen LogP contribution in [-0.2, 0) is 9.59 Å². The highest BCUT2D eigenvalue weighted by Gasteiger charge is 2.44. The molecule has 1 fully saturated rings. The van der Waals surface area contributed by atoms with E-state index >= 15 is 0 Å². The van der Waals surface area contributed by atoms with Crippen LogP contribution in [0.1, 0.15) is 26.2 Å². The first-order valence-corrected chi connectivity index (χ1v) is 3.34. The molecule has 0 saturated heterocycles. The summed E-state index contributed by atoms with van der Waals surface area (Å²) < 4.78 is 0. The molecule has 0 aromatic carbocycles. The van der Waals surface area contributed by atoms with Gasteiger partial charge in [-0.2, -0.15) is 0 Å². The zero-order valence-electron chi connectivity index (χ0n) is 5.89. The quantitative estimate of drug-likeness (QED) is 0.552. The molecule has 3 nitrogen and oxygen atoms in total. The lowest BCUT2D eigenvalue weighted by Crippen LogP contribution is -2.31. The lowest BCUT2D eigenvalue weighted by Gasteiger charge is -2.14. The summed E-state index contributed by atoms with van der Waals surface area (Å²) in [5.41, 5.74) is -1.07. The minimum Gasteiger partial charge on any atom is -0.481 e. The molecule has 0 aromatic rings. The molecule has 0 heterocycles. The van der Waals surface area contributed by atoms with E-state index in [0.717, 1.165) is 6.42 Å². The van der Waals surface area contributed by atoms with Crippen molar-refractivity contribution in [2.75, 3.05) is 0 Å². The minimum atomic E-state index is -1.07. The maximum atomic E-state index is 11.0. The Morgan fingerprint density at radius 3 is 2.50 bits per heavy atom. The predicted molar refractivity (Wildman–Crippen MR) is 34.6 cm³/mol. The summed E-state index contributed by atoms with van der Waals surface area (Å²) in [6, 6.07) is 0. The van der Waals surface area contributed by atoms with Gasteiger partial charge in [-0.25, -0.2) is 0 Å². The molecule has 0 spiro atoms. The number of carboxylic acid groups (broad SMARTS) is 1. The monoisotopic (exact) mass is 142 g/mol. The van der Waals surface area contributed by atoms with E-state index < -0.39 is 11.4 Å². The second-order valence-corrected chi connectivity index (χ2v) is 2.91. The van der Waals surface area contributed by atoms with E-state index in [-0.39, 0.29) is 5.78 Å². The highest BCUT2D eigenvalue weighted by Crippen LogP contribution is 2.34. The Hall–Kier alpha value is -0.860. The summed E-state index contributed by atoms with van der Waals surface area (Å²) in [6.07, 6.45) is 1.66. The largest absolute Gasteiger partial charge is 0.481 e. The molecule has 3 heteroatoms. The Morgan fingerprint density at radius 1 is 1.70 bits per heavy atom. The van der Waals surface area contributed by atoms with E-state index in [1.54, 1.807) is 0 Å². The fourth-order valence-corrected chi connectivity index (χ4v) is 1.24. The molecule has 56 valence electrons. The molecule has 0 amide bonds. The van der Waals surface area contributed by atoms with Gasteiger partial charge in [0.25, 0.3) is 0 Å². The second kappa shape index (κ2) is 2.08. The molecule has 10 heavy (non-hydrogen) atoms. The van der Waals surface area contributed by atoms with E-state index in [4.69, 9.17) is 5.11 Å². The average Bonchev–Trinajstić information content (AvgIpc) is 2.15. The summed E-state index contributed by atoms with van der Waals surface area (Å²) in [5.74, 6) is -1.10. The number of hydrogen-bond acceptors (Lipinski definition) is 2. The highest BCUT2D eigenvalue weighted by molar-refractivity contribution is 6.03. The molecule has 0 radical (unpaired) electrons. The number of rotatable bonds is 1. The first-order valence-electron chi connectivity index (χ1n) is 3.34. The van der Waals surface area contributed by atoms with Crippen molar-refractivity contribution in [3.05, 3.63) is 0 Å². The van der Waals surface area contributed by atoms with Crippen LogP contribution in [-0.4, -0.2) is 16.9 Å². The molecule has 1 saturated carbocycles. The molecular formula is C7H10O3. The van der Waals surface area contributed by atoms with Gasteiger partial charge in [0, 0.05) is 6.42 Å². The van der Waals surface area contributed by atoms with Gasteiger partial charge in [0.1, 0.15) is 11.2 Å². The number of carboxylic acids is 1. The number of carbonyl (C=O) groups excluding carboxylic acids is 1. The van der Waals surface area contributed by atoms with E-state index in [9.17, 15) is 9.59 Å². The Bertz CT molecular complexity index is 185. The van der Waals surface area contributed by atoms with Crippen LogP contribution in [0.2, 0.25) is 0 Å². The van der Waals surface area contributed by atoms with Gasteiger partial charge >= 0.3 is 5.97 Å². The van der Waals surface area contributed by atoms with Crippen LogP contribution >= 0.6 is 0 Å². The standard InChI is InChI=1S/C7H10O3/c1-7(6(9)10)4-2-3-5(7)8/h2-4H2,1H3,(H,9,10)/t7-/m1/s1. The normalized spacial score (nSPS) is 32.7. The van der Waals surface area contributed by atoms with Crippen LogP contribution in [0.15, 0.2) is 0 Å². The van der Waals surface area contributed by atoms with Crippen LogP contribution in [0.4, 0.5) is 0 Å². The number of hydrogen-bond donors (Lipinski definition) is 1. The number of aliphatic carboxylic acids is 1. The van der Waals surface area contributed by atoms with Gasteiger partial charge in [0.05, 0.1) is 0 Å². The van der Waals surface area contributed by atoms with E-state index in [1.165, 1.54) is 6.92 Å². The molecule has 0 aliphatic heterocycles. The zero-order valence-corrected chi connectivity index (χ0v) is 5.89. The van der Waals surface area contributed by atoms with Gasteiger partial charge in [-0.1, -0.05) is 0 Å². The number of ketones is 1. The van der Waals surface area contributed by atoms with E-state index in [2.05, 4.69) is 0 Å². The summed E-state index contributed by atoms with van der Waals surface area (Å²) in [7, 11) is 0. The summed E-state index contributed by atoms with van der Waals surface area (Å²) in [5, 5.41) is 8.62. The van der Waals surface area contributed by atoms with Crippen molar-refractivity contribution in [1.82, 2.24) is 0 Å². The molecule has 1 aliphatic rings. The van der Waals surface area contributed by atoms with Crippen molar-refractivity contribution in [2.24, 2.45) is 5.41 Å². The molecule has 0 bridgehead atoms. The van der Waals surface area contributed by atoms with Crippen molar-refractivity contribution in [2.45, 2.75) is 26.2 Å². The summed E-state index contributed by atoms with van der Waals surface area (Å²) >= 11 is 0. The van der Waals surface area contributed by atoms with Crippen molar-refractivity contribution in [3.63, 3.8) is 0 Å². The van der Waals surface area contributed by atoms with Crippen molar-refractivity contribution in [1.29, 1.82) is 0 Å². The smallest absolute Gasteiger partial charge is 0.316 e. The van der Waals surface area contributed by atoms with Crippen molar-refractivity contribution < 1.29 is 14.7 Å². The van der Waals surface area contributed by atoms with Crippen LogP contribution in [0.5, 0.6) is 0 Å². The third-order valence-corrected chi connectivity index (χ3v) is 2.17. The third kappa shape index (κ3) is 0.818. The first kappa shape index (κ1) is 7.25. The van der Waals surface area contributed by atoms with Crippen LogP contribution in [0.25, 0.3) is 0 Å². The molecular weight excluding hydrogens is 132 g/mol. The second-order valence-electron chi connectivity index (χ2n) is 2.91. The van der Waals surface area contributed by atoms with E-state index in [1.807, 2.05) is 0 Å². The third-order valence-electron chi connectivity index (χ3n) is 2.17. The molecule has 1 rings (SSSR count). The van der Waals surface area contributed by atoms with Crippen LogP contribution in [0.3, 0.4) is 0 Å². The fraction of sp³-hybridized carbons (Fsp3) is 0.714. The molecule has 1 atom stereocenters. The predicted octanol–water partition coefficient (Wildman–Crippen LogP) is 0.830. The SMILES string of the molecule is C[C@@]1(C(=O)O)CCCC1=O. The van der Waals surface area contributed by atoms with Crippen LogP contribution in [0, 0.1) is 5.41 Å². The van der Waals surface area contributed by atoms with Gasteiger partial charge in [-0.3, -0.25) is 9.59 Å². The average molecular weight is 142 g/mol. The Labute approximate surface area is 59.0 Å². The topological polar surface area (TPSA) is 54.4 Å².